The number of methoxy groups -OCH3 is 1. The molecular formula is C23H32N2O4S. The maximum atomic E-state index is 13.0. The number of nitrogens with zero attached hydrogens (tertiary/aromatic N) is 1. The first-order valence-corrected chi connectivity index (χ1v) is 11.4. The summed E-state index contributed by atoms with van der Waals surface area (Å²) in [4.78, 5) is 14.7. The van der Waals surface area contributed by atoms with Crippen LogP contribution in [-0.2, 0) is 26.7 Å². The van der Waals surface area contributed by atoms with Crippen molar-refractivity contribution in [3.8, 4) is 0 Å². The van der Waals surface area contributed by atoms with E-state index in [9.17, 15) is 13.2 Å². The Bertz CT molecular complexity index is 977. The summed E-state index contributed by atoms with van der Waals surface area (Å²) in [7, 11) is -0.486. The van der Waals surface area contributed by atoms with Crippen molar-refractivity contribution in [1.29, 1.82) is 0 Å². The van der Waals surface area contributed by atoms with Crippen LogP contribution in [0, 0.1) is 6.92 Å². The molecule has 0 spiro atoms. The first-order chi connectivity index (χ1) is 14.0. The summed E-state index contributed by atoms with van der Waals surface area (Å²) in [6, 6.07) is 12.8. The lowest BCUT2D eigenvalue weighted by molar-refractivity contribution is 0.0784. The van der Waals surface area contributed by atoms with Crippen molar-refractivity contribution in [1.82, 2.24) is 9.62 Å². The average molecular weight is 433 g/mol. The van der Waals surface area contributed by atoms with Crippen LogP contribution in [-0.4, -0.2) is 46.5 Å². The van der Waals surface area contributed by atoms with E-state index < -0.39 is 10.0 Å². The molecule has 2 rings (SSSR count). The van der Waals surface area contributed by atoms with Crippen molar-refractivity contribution in [2.45, 2.75) is 44.6 Å². The Hall–Kier alpha value is -2.22. The van der Waals surface area contributed by atoms with Crippen LogP contribution < -0.4 is 4.72 Å². The van der Waals surface area contributed by atoms with Gasteiger partial charge < -0.3 is 9.64 Å². The first-order valence-electron chi connectivity index (χ1n) is 9.90. The highest BCUT2D eigenvalue weighted by molar-refractivity contribution is 7.89. The third-order valence-electron chi connectivity index (χ3n) is 4.93. The molecule has 7 heteroatoms. The fourth-order valence-electron chi connectivity index (χ4n) is 3.02. The molecule has 0 bridgehead atoms. The van der Waals surface area contributed by atoms with Crippen molar-refractivity contribution in [3.05, 3.63) is 64.7 Å². The molecule has 6 nitrogen and oxygen atoms in total. The fraction of sp³-hybridized carbons (Fsp3) is 0.435. The molecule has 0 saturated heterocycles. The topological polar surface area (TPSA) is 75.7 Å². The molecule has 164 valence electrons. The van der Waals surface area contributed by atoms with Gasteiger partial charge in [0.1, 0.15) is 0 Å². The number of nitrogens with one attached hydrogen (secondary N) is 1. The average Bonchev–Trinajstić information content (AvgIpc) is 2.67. The maximum absolute atomic E-state index is 13.0. The Kier molecular flexibility index (Phi) is 7.80. The van der Waals surface area contributed by atoms with Crippen LogP contribution in [0.5, 0.6) is 0 Å². The SMILES string of the molecule is COCCNS(=O)(=O)c1ccc(C)c(C(=O)N(C)Cc2ccc(C(C)(C)C)cc2)c1. The molecule has 1 N–H and O–H groups in total. The van der Waals surface area contributed by atoms with Gasteiger partial charge in [0.2, 0.25) is 10.0 Å². The van der Waals surface area contributed by atoms with Gasteiger partial charge >= 0.3 is 0 Å². The number of hydrogen-bond donors (Lipinski definition) is 1. The molecule has 0 atom stereocenters. The summed E-state index contributed by atoms with van der Waals surface area (Å²) in [6.07, 6.45) is 0. The molecule has 0 unspecified atom stereocenters. The number of benzene rings is 2. The third-order valence-corrected chi connectivity index (χ3v) is 6.39. The van der Waals surface area contributed by atoms with Crippen molar-refractivity contribution >= 4 is 15.9 Å². The molecule has 1 amide bonds. The summed E-state index contributed by atoms with van der Waals surface area (Å²) in [5.74, 6) is -0.221. The van der Waals surface area contributed by atoms with Gasteiger partial charge in [-0.05, 0) is 41.2 Å². The molecule has 0 aliphatic carbocycles. The zero-order valence-electron chi connectivity index (χ0n) is 18.7. The molecule has 2 aromatic carbocycles. The normalized spacial score (nSPS) is 12.1. The zero-order chi connectivity index (χ0) is 22.5. The van der Waals surface area contributed by atoms with Gasteiger partial charge in [0.05, 0.1) is 11.5 Å². The van der Waals surface area contributed by atoms with E-state index in [1.807, 2.05) is 12.1 Å². The highest BCUT2D eigenvalue weighted by atomic mass is 32.2. The highest BCUT2D eigenvalue weighted by Gasteiger charge is 2.20. The van der Waals surface area contributed by atoms with Crippen LogP contribution in [0.3, 0.4) is 0 Å². The number of carbonyl (C=O) groups excluding carboxylic acids is 1. The summed E-state index contributed by atoms with van der Waals surface area (Å²) in [6.45, 7) is 9.15. The van der Waals surface area contributed by atoms with E-state index in [-0.39, 0.29) is 29.4 Å². The van der Waals surface area contributed by atoms with Crippen LogP contribution in [0.2, 0.25) is 0 Å². The van der Waals surface area contributed by atoms with Gasteiger partial charge in [0.25, 0.3) is 5.91 Å². The molecule has 0 aromatic heterocycles. The van der Waals surface area contributed by atoms with Crippen LogP contribution >= 0.6 is 0 Å². The van der Waals surface area contributed by atoms with Crippen LogP contribution in [0.4, 0.5) is 0 Å². The van der Waals surface area contributed by atoms with Gasteiger partial charge in [-0.1, -0.05) is 51.1 Å². The lowest BCUT2D eigenvalue weighted by Crippen LogP contribution is -2.29. The van der Waals surface area contributed by atoms with E-state index in [4.69, 9.17) is 4.74 Å². The molecule has 0 saturated carbocycles. The van der Waals surface area contributed by atoms with E-state index in [1.54, 1.807) is 24.9 Å². The molecule has 0 radical (unpaired) electrons. The molecule has 2 aromatic rings. The summed E-state index contributed by atoms with van der Waals surface area (Å²) < 4.78 is 32.3. The predicted molar refractivity (Wildman–Crippen MR) is 119 cm³/mol. The van der Waals surface area contributed by atoms with E-state index in [0.29, 0.717) is 12.1 Å². The predicted octanol–water partition coefficient (Wildman–Crippen LogP) is 3.49. The van der Waals surface area contributed by atoms with Gasteiger partial charge in [0, 0.05) is 32.8 Å². The minimum absolute atomic E-state index is 0.0653. The standard InChI is InChI=1S/C23H32N2O4S/c1-17-7-12-20(30(27,28)24-13-14-29-6)15-21(17)22(26)25(5)16-18-8-10-19(11-9-18)23(2,3)4/h7-12,15,24H,13-14,16H2,1-6H3. The lowest BCUT2D eigenvalue weighted by atomic mass is 9.87. The van der Waals surface area contributed by atoms with E-state index in [1.165, 1.54) is 24.8 Å². The molecule has 0 heterocycles. The second kappa shape index (κ2) is 9.73. The number of hydrogen-bond acceptors (Lipinski definition) is 4. The summed E-state index contributed by atoms with van der Waals surface area (Å²) in [5.41, 5.74) is 3.42. The summed E-state index contributed by atoms with van der Waals surface area (Å²) >= 11 is 0. The van der Waals surface area contributed by atoms with E-state index in [0.717, 1.165) is 11.1 Å². The molecule has 0 fully saturated rings. The Morgan fingerprint density at radius 3 is 2.30 bits per heavy atom. The number of carbonyl (C=O) groups is 1. The van der Waals surface area contributed by atoms with Crippen molar-refractivity contribution in [2.75, 3.05) is 27.3 Å². The number of sulfonamides is 1. The van der Waals surface area contributed by atoms with Crippen LogP contribution in [0.1, 0.15) is 47.8 Å². The third kappa shape index (κ3) is 6.14. The number of rotatable bonds is 8. The van der Waals surface area contributed by atoms with E-state index >= 15 is 0 Å². The monoisotopic (exact) mass is 432 g/mol. The van der Waals surface area contributed by atoms with Crippen LogP contribution in [0.25, 0.3) is 0 Å². The van der Waals surface area contributed by atoms with Gasteiger partial charge in [0.15, 0.2) is 0 Å². The first kappa shape index (κ1) is 24.1. The van der Waals surface area contributed by atoms with Crippen molar-refractivity contribution in [2.24, 2.45) is 0 Å². The van der Waals surface area contributed by atoms with Crippen molar-refractivity contribution in [3.63, 3.8) is 0 Å². The van der Waals surface area contributed by atoms with Crippen molar-refractivity contribution < 1.29 is 17.9 Å². The van der Waals surface area contributed by atoms with E-state index in [2.05, 4.69) is 37.6 Å². The zero-order valence-corrected chi connectivity index (χ0v) is 19.5. The maximum Gasteiger partial charge on any atom is 0.254 e. The second-order valence-corrected chi connectivity index (χ2v) is 10.2. The molecule has 0 aliphatic heterocycles. The number of amides is 1. The molecular weight excluding hydrogens is 400 g/mol. The second-order valence-electron chi connectivity index (χ2n) is 8.48. The number of aryl methyl sites for hydroxylation is 1. The highest BCUT2D eigenvalue weighted by Crippen LogP contribution is 2.23. The molecule has 30 heavy (non-hydrogen) atoms. The minimum Gasteiger partial charge on any atom is -0.383 e. The minimum atomic E-state index is -3.71. The lowest BCUT2D eigenvalue weighted by Gasteiger charge is -2.21. The number of ether oxygens (including phenoxy) is 1. The quantitative estimate of drug-likeness (QED) is 0.648. The van der Waals surface area contributed by atoms with Gasteiger partial charge in [-0.2, -0.15) is 0 Å². The van der Waals surface area contributed by atoms with Gasteiger partial charge in [-0.25, -0.2) is 13.1 Å². The summed E-state index contributed by atoms with van der Waals surface area (Å²) in [5, 5.41) is 0. The Balaban J connectivity index is 2.19. The Morgan fingerprint density at radius 2 is 1.73 bits per heavy atom. The fourth-order valence-corrected chi connectivity index (χ4v) is 4.06. The smallest absolute Gasteiger partial charge is 0.254 e. The van der Waals surface area contributed by atoms with Crippen LogP contribution in [0.15, 0.2) is 47.4 Å². The Morgan fingerprint density at radius 1 is 1.10 bits per heavy atom. The van der Waals surface area contributed by atoms with Gasteiger partial charge in [-0.3, -0.25) is 4.79 Å². The van der Waals surface area contributed by atoms with Gasteiger partial charge in [-0.15, -0.1) is 0 Å². The Labute approximate surface area is 180 Å². The largest absolute Gasteiger partial charge is 0.383 e. The molecule has 0 aliphatic rings.